The van der Waals surface area contributed by atoms with Crippen LogP contribution in [0.4, 0.5) is 0 Å². The van der Waals surface area contributed by atoms with Gasteiger partial charge < -0.3 is 30.5 Å². The van der Waals surface area contributed by atoms with E-state index in [4.69, 9.17) is 0 Å². The van der Waals surface area contributed by atoms with E-state index in [9.17, 15) is 0 Å². The van der Waals surface area contributed by atoms with E-state index in [1.165, 1.54) is 55.6 Å². The number of hydrogen-bond donors (Lipinski definition) is 0. The molecule has 0 bridgehead atoms. The van der Waals surface area contributed by atoms with Crippen molar-refractivity contribution < 1.29 is 40.8 Å². The minimum Gasteiger partial charge on any atom is -0.406 e. The number of benzene rings is 7. The van der Waals surface area contributed by atoms with Gasteiger partial charge in [-0.1, -0.05) is 195 Å². The van der Waals surface area contributed by atoms with Crippen LogP contribution in [-0.2, 0) is 53.7 Å². The van der Waals surface area contributed by atoms with E-state index >= 15 is 0 Å². The number of nitrogens with zero attached hydrogens (tertiary/aromatic N) is 1. The van der Waals surface area contributed by atoms with Crippen molar-refractivity contribution in [3.63, 3.8) is 0 Å². The molecule has 2 aliphatic rings. The molecule has 392 valence electrons. The second-order valence-corrected chi connectivity index (χ2v) is 13.8. The van der Waals surface area contributed by atoms with Crippen LogP contribution in [0.2, 0.25) is 0 Å². The van der Waals surface area contributed by atoms with Crippen LogP contribution in [0.15, 0.2) is 115 Å². The standard InChI is InChI=1S/C50H33N.9C2H6.2Pd/c1-3-37-39-14-8-10-16-41(39)43-22-18-32(28-47(37)43)26-34-20-24-45-46-25-21-35(31-50(46)51(49(45)30-34)36-12-6-5-7-13-36)27-33-19-23-44-42-17-11-9-15-40(42)38(4-2)48(44)29-33;9*1-2;;/h5-11,14-25,37-38H,1-4,26-27H2;9*1-2H3;;/q-8;;;;;;;;;;;. The van der Waals surface area contributed by atoms with Gasteiger partial charge in [-0.2, -0.15) is 119 Å². The second kappa shape index (κ2) is 38.3. The summed E-state index contributed by atoms with van der Waals surface area (Å²) in [5.74, 6) is 0.574. The quantitative estimate of drug-likeness (QED) is 0.111. The van der Waals surface area contributed by atoms with Gasteiger partial charge in [0.25, 0.3) is 0 Å². The zero-order valence-corrected chi connectivity index (χ0v) is 50.1. The summed E-state index contributed by atoms with van der Waals surface area (Å²) in [7, 11) is 0. The second-order valence-electron chi connectivity index (χ2n) is 13.8. The molecule has 2 unspecified atom stereocenters. The van der Waals surface area contributed by atoms with Gasteiger partial charge in [0, 0.05) is 40.8 Å². The Labute approximate surface area is 464 Å². The molecule has 3 heteroatoms. The molecule has 0 aliphatic heterocycles. The van der Waals surface area contributed by atoms with E-state index in [0.29, 0.717) is 0 Å². The zero-order valence-electron chi connectivity index (χ0n) is 46.9. The average molecular weight is 1130 g/mol. The Morgan fingerprint density at radius 2 is 0.704 bits per heavy atom. The minimum atomic E-state index is 0. The summed E-state index contributed by atoms with van der Waals surface area (Å²) >= 11 is 0. The van der Waals surface area contributed by atoms with Gasteiger partial charge >= 0.3 is 0 Å². The fourth-order valence-electron chi connectivity index (χ4n) is 8.60. The molecule has 1 heterocycles. The molecule has 8 aromatic rings. The van der Waals surface area contributed by atoms with E-state index < -0.39 is 0 Å². The van der Waals surface area contributed by atoms with E-state index in [1.807, 2.05) is 143 Å². The molecule has 0 N–H and O–H groups in total. The topological polar surface area (TPSA) is 4.93 Å². The summed E-state index contributed by atoms with van der Waals surface area (Å²) in [5, 5.41) is 2.29. The molecule has 2 atom stereocenters. The predicted molar refractivity (Wildman–Crippen MR) is 309 cm³/mol. The van der Waals surface area contributed by atoms with Crippen molar-refractivity contribution >= 4 is 21.8 Å². The maximum absolute atomic E-state index is 4.29. The fraction of sp³-hybridized carbons (Fsp3) is 0.353. The monoisotopic (exact) mass is 1130 g/mol. The van der Waals surface area contributed by atoms with Gasteiger partial charge in [-0.25, -0.2) is 5.69 Å². The number of aromatic nitrogens is 1. The first-order valence-corrected chi connectivity index (χ1v) is 26.8. The number of fused-ring (bicyclic) bond motifs is 9. The summed E-state index contributed by atoms with van der Waals surface area (Å²) < 4.78 is 2.22. The van der Waals surface area contributed by atoms with Gasteiger partial charge in [0.15, 0.2) is 0 Å². The fourth-order valence-corrected chi connectivity index (χ4v) is 8.60. The van der Waals surface area contributed by atoms with Crippen molar-refractivity contribution in [1.29, 1.82) is 0 Å². The van der Waals surface area contributed by atoms with Crippen LogP contribution in [0.25, 0.3) is 49.7 Å². The van der Waals surface area contributed by atoms with E-state index in [1.54, 1.807) is 0 Å². The molecule has 1 aromatic heterocycles. The van der Waals surface area contributed by atoms with Crippen molar-refractivity contribution in [3.8, 4) is 27.9 Å². The first kappa shape index (κ1) is 68.7. The van der Waals surface area contributed by atoms with E-state index in [-0.39, 0.29) is 52.7 Å². The predicted octanol–water partition coefficient (Wildman–Crippen LogP) is 20.7. The van der Waals surface area contributed by atoms with Crippen LogP contribution in [-0.4, -0.2) is 4.57 Å². The third kappa shape index (κ3) is 15.8. The summed E-state index contributed by atoms with van der Waals surface area (Å²) in [6.07, 6.45) is 3.13. The first-order chi connectivity index (χ1) is 34.2. The summed E-state index contributed by atoms with van der Waals surface area (Å²) in [6.45, 7) is 44.6. The molecule has 0 fully saturated rings. The van der Waals surface area contributed by atoms with Gasteiger partial charge in [-0.15, -0.1) is 22.3 Å². The molecule has 7 aromatic carbocycles. The summed E-state index contributed by atoms with van der Waals surface area (Å²) in [5.41, 5.74) is 17.9. The van der Waals surface area contributed by atoms with Crippen molar-refractivity contribution in [2.24, 2.45) is 0 Å². The minimum absolute atomic E-state index is 0. The zero-order chi connectivity index (χ0) is 52.1. The molecule has 0 saturated heterocycles. The van der Waals surface area contributed by atoms with Crippen molar-refractivity contribution in [3.05, 3.63) is 210 Å². The maximum atomic E-state index is 4.29. The van der Waals surface area contributed by atoms with Gasteiger partial charge in [-0.3, -0.25) is 18.2 Å². The van der Waals surface area contributed by atoms with Gasteiger partial charge in [0.1, 0.15) is 0 Å². The first-order valence-electron chi connectivity index (χ1n) is 26.8. The normalized spacial score (nSPS) is 11.9. The molecule has 2 aliphatic carbocycles. The molecule has 1 nitrogen and oxygen atoms in total. The van der Waals surface area contributed by atoms with Crippen LogP contribution in [0, 0.1) is 50.2 Å². The molecule has 10 rings (SSSR count). The molecule has 0 radical (unpaired) electrons. The Morgan fingerprint density at radius 3 is 1.06 bits per heavy atom. The Bertz CT molecular complexity index is 2470. The van der Waals surface area contributed by atoms with E-state index in [2.05, 4.69) is 152 Å². The Morgan fingerprint density at radius 1 is 0.380 bits per heavy atom. The molecule has 0 amide bonds. The molecule has 71 heavy (non-hydrogen) atoms. The van der Waals surface area contributed by atoms with Crippen molar-refractivity contribution in [2.45, 2.75) is 162 Å². The smallest absolute Gasteiger partial charge is 0 e. The van der Waals surface area contributed by atoms with Crippen LogP contribution < -0.4 is 0 Å². The Balaban J connectivity index is 0. The number of para-hydroxylation sites is 1. The largest absolute Gasteiger partial charge is 0.406 e. The van der Waals surface area contributed by atoms with Crippen molar-refractivity contribution in [1.82, 2.24) is 4.57 Å². The van der Waals surface area contributed by atoms with Crippen LogP contribution in [0.5, 0.6) is 0 Å². The average Bonchev–Trinajstić information content (AvgIpc) is 4.07. The Kier molecular flexibility index (Phi) is 37.1. The van der Waals surface area contributed by atoms with Crippen molar-refractivity contribution in [2.75, 3.05) is 0 Å². The third-order valence-corrected chi connectivity index (χ3v) is 10.9. The molecule has 0 spiro atoms. The summed E-state index contributed by atoms with van der Waals surface area (Å²) in [6, 6.07) is 63.3. The summed E-state index contributed by atoms with van der Waals surface area (Å²) in [4.78, 5) is 0. The third-order valence-electron chi connectivity index (χ3n) is 10.9. The SMILES string of the molecule is CC.CC.CC.CC.CC.CC.CC.CC.CC.[CH2-]CC1c2[c-]c(Cc3[c-]c4c(cc3)c3ccc(Cc5[c-]c6c(cc5)-c5ccccc5C6C[CH2-])[c-]c3n4-c3[c-]ccc[c-]3)ccc2-c2ccccc21.[Pd].[Pd]. The number of hydrogen-bond acceptors (Lipinski definition) is 0. The van der Waals surface area contributed by atoms with Gasteiger partial charge in [0.2, 0.25) is 0 Å². The molecular weight excluding hydrogens is 1040 g/mol. The van der Waals surface area contributed by atoms with Crippen LogP contribution in [0.1, 0.15) is 194 Å². The van der Waals surface area contributed by atoms with Gasteiger partial charge in [-0.05, 0) is 35.8 Å². The molecule has 0 saturated carbocycles. The molecular formula is C68H87NPd2-8. The van der Waals surface area contributed by atoms with Crippen LogP contribution >= 0.6 is 0 Å². The van der Waals surface area contributed by atoms with E-state index in [0.717, 1.165) is 64.3 Å². The maximum Gasteiger partial charge on any atom is 0 e. The Hall–Kier alpha value is -4.34. The number of rotatable bonds is 7. The van der Waals surface area contributed by atoms with Gasteiger partial charge in [0.05, 0.1) is 0 Å². The van der Waals surface area contributed by atoms with Crippen LogP contribution in [0.3, 0.4) is 0 Å².